The maximum atomic E-state index is 13.9. The minimum Gasteiger partial charge on any atom is -0.494 e. The maximum Gasteiger partial charge on any atom is 0.323 e. The van der Waals surface area contributed by atoms with E-state index in [1.54, 1.807) is 17.6 Å². The summed E-state index contributed by atoms with van der Waals surface area (Å²) >= 11 is 6.13. The fourth-order valence-corrected chi connectivity index (χ4v) is 4.90. The fraction of sp³-hybridized carbons (Fsp3) is 0.273. The van der Waals surface area contributed by atoms with Crippen LogP contribution in [0.5, 0.6) is 11.5 Å². The predicted molar refractivity (Wildman–Crippen MR) is 162 cm³/mol. The first-order valence-corrected chi connectivity index (χ1v) is 14.1. The summed E-state index contributed by atoms with van der Waals surface area (Å²) in [5.74, 6) is -1.46. The lowest BCUT2D eigenvalue weighted by Gasteiger charge is -2.11. The third-order valence-corrected chi connectivity index (χ3v) is 7.26. The van der Waals surface area contributed by atoms with E-state index >= 15 is 0 Å². The highest BCUT2D eigenvalue weighted by Gasteiger charge is 2.14. The zero-order chi connectivity index (χ0) is 30.1. The lowest BCUT2D eigenvalue weighted by Crippen LogP contribution is -2.07. The van der Waals surface area contributed by atoms with Crippen molar-refractivity contribution in [2.24, 2.45) is 0 Å². The van der Waals surface area contributed by atoms with Crippen LogP contribution < -0.4 is 9.47 Å². The minimum atomic E-state index is -0.949. The number of unbranched alkanes of at least 4 members (excludes halogenated alkanes) is 1. The van der Waals surface area contributed by atoms with Gasteiger partial charge in [-0.2, -0.15) is 0 Å². The third kappa shape index (κ3) is 8.13. The number of aromatic nitrogens is 1. The van der Waals surface area contributed by atoms with Gasteiger partial charge in [-0.15, -0.1) is 0 Å². The largest absolute Gasteiger partial charge is 0.494 e. The Balaban J connectivity index is 1.34. The summed E-state index contributed by atoms with van der Waals surface area (Å²) in [7, 11) is 0. The van der Waals surface area contributed by atoms with Crippen molar-refractivity contribution in [3.8, 4) is 11.5 Å². The number of benzene rings is 3. The first kappa shape index (κ1) is 30.7. The molecule has 0 radical (unpaired) electrons. The molecule has 0 spiro atoms. The molecular weight excluding hydrogens is 561 g/mol. The number of hydrogen-bond donors (Lipinski definition) is 2. The highest BCUT2D eigenvalue weighted by molar-refractivity contribution is 6.32. The molecule has 0 aliphatic carbocycles. The number of aryl methyl sites for hydroxylation is 2. The second-order valence-corrected chi connectivity index (χ2v) is 10.4. The fourth-order valence-electron chi connectivity index (χ4n) is 4.69. The van der Waals surface area contributed by atoms with Crippen molar-refractivity contribution in [2.45, 2.75) is 45.6 Å². The number of ether oxygens (including phenoxy) is 2. The van der Waals surface area contributed by atoms with Gasteiger partial charge in [0.1, 0.15) is 12.3 Å². The second kappa shape index (κ2) is 14.5. The van der Waals surface area contributed by atoms with Gasteiger partial charge in [0.15, 0.2) is 11.6 Å². The van der Waals surface area contributed by atoms with Crippen LogP contribution in [0.1, 0.15) is 47.9 Å². The molecule has 0 saturated carbocycles. The van der Waals surface area contributed by atoms with Gasteiger partial charge in [-0.3, -0.25) is 9.59 Å². The number of hydrogen-bond acceptors (Lipinski definition) is 4. The number of fused-ring (bicyclic) bond motifs is 1. The van der Waals surface area contributed by atoms with Crippen molar-refractivity contribution in [1.82, 2.24) is 4.57 Å². The topological polar surface area (TPSA) is 98.0 Å². The molecule has 0 saturated heterocycles. The van der Waals surface area contributed by atoms with Crippen molar-refractivity contribution in [2.75, 3.05) is 13.2 Å². The molecule has 3 aromatic carbocycles. The Kier molecular flexibility index (Phi) is 10.6. The number of carboxylic acids is 2. The van der Waals surface area contributed by atoms with Gasteiger partial charge in [-0.25, -0.2) is 4.39 Å². The van der Waals surface area contributed by atoms with Crippen LogP contribution in [0.3, 0.4) is 0 Å². The molecule has 0 unspecified atom stereocenters. The van der Waals surface area contributed by atoms with Gasteiger partial charge in [0.2, 0.25) is 0 Å². The molecule has 0 amide bonds. The Bertz CT molecular complexity index is 1580. The molecule has 9 heteroatoms. The van der Waals surface area contributed by atoms with Gasteiger partial charge in [-0.05, 0) is 73.1 Å². The van der Waals surface area contributed by atoms with Gasteiger partial charge in [0, 0.05) is 18.0 Å². The van der Waals surface area contributed by atoms with Gasteiger partial charge in [0.05, 0.1) is 23.8 Å². The van der Waals surface area contributed by atoms with E-state index in [0.717, 1.165) is 45.3 Å². The van der Waals surface area contributed by atoms with Crippen LogP contribution in [0.4, 0.5) is 4.39 Å². The van der Waals surface area contributed by atoms with Gasteiger partial charge in [-0.1, -0.05) is 60.2 Å². The van der Waals surface area contributed by atoms with Gasteiger partial charge >= 0.3 is 11.9 Å². The van der Waals surface area contributed by atoms with E-state index < -0.39 is 17.8 Å². The van der Waals surface area contributed by atoms with E-state index in [1.807, 2.05) is 60.8 Å². The lowest BCUT2D eigenvalue weighted by molar-refractivity contribution is -0.138. The van der Waals surface area contributed by atoms with Gasteiger partial charge < -0.3 is 24.3 Å². The minimum absolute atomic E-state index is 0.0594. The molecule has 1 aromatic heterocycles. The van der Waals surface area contributed by atoms with Crippen LogP contribution in [-0.2, 0) is 22.6 Å². The number of carboxylic acid groups (broad SMARTS) is 2. The summed E-state index contributed by atoms with van der Waals surface area (Å²) in [5.41, 5.74) is 4.31. The van der Waals surface area contributed by atoms with Crippen molar-refractivity contribution in [3.63, 3.8) is 0 Å². The highest BCUT2D eigenvalue weighted by atomic mass is 35.5. The third-order valence-electron chi connectivity index (χ3n) is 6.79. The first-order chi connectivity index (χ1) is 20.2. The Labute approximate surface area is 248 Å². The Morgan fingerprint density at radius 1 is 0.929 bits per heavy atom. The Morgan fingerprint density at radius 2 is 1.67 bits per heavy atom. The molecular formula is C33H33ClFNO6. The number of carbonyl (C=O) groups is 2. The van der Waals surface area contributed by atoms with Crippen LogP contribution in [0, 0.1) is 12.7 Å². The Hall–Kier alpha value is -4.30. The lowest BCUT2D eigenvalue weighted by atomic mass is 10.0. The second-order valence-electron chi connectivity index (χ2n) is 9.98. The van der Waals surface area contributed by atoms with Crippen LogP contribution in [-0.4, -0.2) is 39.9 Å². The zero-order valence-electron chi connectivity index (χ0n) is 23.3. The molecule has 0 bridgehead atoms. The van der Waals surface area contributed by atoms with Crippen LogP contribution in [0.15, 0.2) is 60.8 Å². The first-order valence-electron chi connectivity index (χ1n) is 13.8. The molecule has 0 fully saturated rings. The summed E-state index contributed by atoms with van der Waals surface area (Å²) in [4.78, 5) is 22.5. The summed E-state index contributed by atoms with van der Waals surface area (Å²) in [6.45, 7) is 2.43. The molecule has 1 heterocycles. The number of nitrogens with zero attached hydrogens (tertiary/aromatic N) is 1. The van der Waals surface area contributed by atoms with Crippen molar-refractivity contribution >= 4 is 46.6 Å². The standard InChI is InChI=1S/C33H33ClFNO6/c1-22-10-17-28(35)33(31(22)34)42-19-3-2-18-41-26-15-12-23(13-16-26)11-14-24-6-4-8-27-25(7-5-9-29(37)38)20-36(32(24)27)21-30(39)40/h4,6,8,10-17,20H,2-3,5,7,9,18-19,21H2,1H3,(H,37,38)(H,39,40)/b14-11+. The summed E-state index contributed by atoms with van der Waals surface area (Å²) in [5, 5.41) is 19.6. The zero-order valence-corrected chi connectivity index (χ0v) is 24.1. The SMILES string of the molecule is Cc1ccc(F)c(OCCCCOc2ccc(/C=C/c3cccc4c(CCCC(=O)O)cn(CC(=O)O)c34)cc2)c1Cl. The average Bonchev–Trinajstić information content (AvgIpc) is 3.30. The van der Waals surface area contributed by atoms with E-state index in [0.29, 0.717) is 37.5 Å². The summed E-state index contributed by atoms with van der Waals surface area (Å²) in [6, 6.07) is 16.4. The summed E-state index contributed by atoms with van der Waals surface area (Å²) in [6.07, 6.45) is 8.21. The number of rotatable bonds is 15. The molecule has 7 nitrogen and oxygen atoms in total. The quantitative estimate of drug-likeness (QED) is 0.109. The number of aliphatic carboxylic acids is 2. The molecule has 0 aliphatic heterocycles. The van der Waals surface area contributed by atoms with Crippen molar-refractivity contribution in [1.29, 1.82) is 0 Å². The monoisotopic (exact) mass is 593 g/mol. The normalized spacial score (nSPS) is 11.3. The van der Waals surface area contributed by atoms with Crippen molar-refractivity contribution in [3.05, 3.63) is 93.9 Å². The predicted octanol–water partition coefficient (Wildman–Crippen LogP) is 7.64. The van der Waals surface area contributed by atoms with Crippen molar-refractivity contribution < 1.29 is 33.7 Å². The van der Waals surface area contributed by atoms with E-state index in [9.17, 15) is 19.1 Å². The maximum absolute atomic E-state index is 13.9. The van der Waals surface area contributed by atoms with E-state index in [2.05, 4.69) is 0 Å². The number of halogens is 2. The molecule has 220 valence electrons. The van der Waals surface area contributed by atoms with E-state index in [1.165, 1.54) is 6.07 Å². The summed E-state index contributed by atoms with van der Waals surface area (Å²) < 4.78 is 27.0. The molecule has 0 atom stereocenters. The molecule has 4 aromatic rings. The van der Waals surface area contributed by atoms with E-state index in [4.69, 9.17) is 26.2 Å². The molecule has 2 N–H and O–H groups in total. The van der Waals surface area contributed by atoms with Crippen LogP contribution in [0.25, 0.3) is 23.1 Å². The van der Waals surface area contributed by atoms with Crippen LogP contribution in [0.2, 0.25) is 5.02 Å². The molecule has 4 rings (SSSR count). The highest BCUT2D eigenvalue weighted by Crippen LogP contribution is 2.31. The molecule has 0 aliphatic rings. The number of para-hydroxylation sites is 1. The average molecular weight is 594 g/mol. The molecule has 42 heavy (non-hydrogen) atoms. The van der Waals surface area contributed by atoms with E-state index in [-0.39, 0.29) is 18.7 Å². The Morgan fingerprint density at radius 3 is 2.38 bits per heavy atom. The van der Waals surface area contributed by atoms with Gasteiger partial charge in [0.25, 0.3) is 0 Å². The van der Waals surface area contributed by atoms with Crippen LogP contribution >= 0.6 is 11.6 Å². The smallest absolute Gasteiger partial charge is 0.323 e.